The van der Waals surface area contributed by atoms with E-state index in [0.717, 1.165) is 40.7 Å². The van der Waals surface area contributed by atoms with Gasteiger partial charge in [-0.15, -0.1) is 0 Å². The minimum absolute atomic E-state index is 0.0290. The summed E-state index contributed by atoms with van der Waals surface area (Å²) in [5, 5.41) is 6.58. The number of amides is 3. The highest BCUT2D eigenvalue weighted by molar-refractivity contribution is 6.30. The summed E-state index contributed by atoms with van der Waals surface area (Å²) in [4.78, 5) is 45.9. The summed E-state index contributed by atoms with van der Waals surface area (Å²) in [5.41, 5.74) is 4.52. The third-order valence-corrected chi connectivity index (χ3v) is 8.86. The van der Waals surface area contributed by atoms with Crippen molar-refractivity contribution in [2.45, 2.75) is 57.9 Å². The van der Waals surface area contributed by atoms with E-state index < -0.39 is 10.8 Å². The van der Waals surface area contributed by atoms with Crippen molar-refractivity contribution in [3.8, 4) is 0 Å². The second-order valence-corrected chi connectivity index (χ2v) is 12.1. The lowest BCUT2D eigenvalue weighted by Crippen LogP contribution is -2.50. The molecule has 1 aromatic heterocycles. The Kier molecular flexibility index (Phi) is 6.03. The molecular weight excluding hydrogens is 512 g/mol. The molecule has 3 aliphatic rings. The molecule has 2 atom stereocenters. The van der Waals surface area contributed by atoms with Crippen molar-refractivity contribution < 1.29 is 14.4 Å². The third kappa shape index (κ3) is 4.29. The van der Waals surface area contributed by atoms with Crippen LogP contribution in [0.4, 0.5) is 11.5 Å². The third-order valence-electron chi connectivity index (χ3n) is 8.63. The van der Waals surface area contributed by atoms with Crippen LogP contribution in [0.5, 0.6) is 0 Å². The van der Waals surface area contributed by atoms with Crippen LogP contribution >= 0.6 is 11.6 Å². The van der Waals surface area contributed by atoms with Gasteiger partial charge in [0.25, 0.3) is 0 Å². The van der Waals surface area contributed by atoms with Gasteiger partial charge in [0.1, 0.15) is 12.4 Å². The maximum absolute atomic E-state index is 13.5. The van der Waals surface area contributed by atoms with Crippen LogP contribution in [0.1, 0.15) is 60.5 Å². The van der Waals surface area contributed by atoms with E-state index in [9.17, 15) is 14.4 Å². The number of hydrogen-bond acceptors (Lipinski definition) is 4. The zero-order valence-corrected chi connectivity index (χ0v) is 23.1. The van der Waals surface area contributed by atoms with Gasteiger partial charge in [0.05, 0.1) is 11.5 Å². The normalized spacial score (nSPS) is 23.0. The van der Waals surface area contributed by atoms with E-state index >= 15 is 0 Å². The van der Waals surface area contributed by atoms with Crippen LogP contribution in [0.15, 0.2) is 54.7 Å². The van der Waals surface area contributed by atoms with E-state index in [1.54, 1.807) is 11.1 Å². The van der Waals surface area contributed by atoms with Crippen molar-refractivity contribution in [2.75, 3.05) is 17.2 Å². The molecule has 3 aromatic rings. The first-order chi connectivity index (χ1) is 18.6. The van der Waals surface area contributed by atoms with Crippen molar-refractivity contribution in [1.82, 2.24) is 9.88 Å². The number of anilines is 2. The predicted molar refractivity (Wildman–Crippen MR) is 151 cm³/mol. The fourth-order valence-corrected chi connectivity index (χ4v) is 6.74. The highest BCUT2D eigenvalue weighted by Crippen LogP contribution is 2.47. The predicted octanol–water partition coefficient (Wildman–Crippen LogP) is 5.36. The van der Waals surface area contributed by atoms with E-state index in [1.165, 1.54) is 0 Å². The standard InChI is InChI=1S/C31H31ClN4O3/c1-18-13-21(32)7-9-23(18)25-10-11-30(2,3)29(39)36(25)17-26(37)34-22-8-6-19-15-31(16-20(19)14-22)24-5-4-12-33-27(24)35-28(31)38/h4-9,12-14,25H,10-11,15-17H2,1-3H3,(H,34,37)(H,33,35,38)/t25-,31+/m0/s1. The van der Waals surface area contributed by atoms with Gasteiger partial charge in [-0.3, -0.25) is 14.4 Å². The first kappa shape index (κ1) is 25.6. The van der Waals surface area contributed by atoms with Gasteiger partial charge in [0.2, 0.25) is 17.7 Å². The van der Waals surface area contributed by atoms with Crippen molar-refractivity contribution >= 4 is 40.8 Å². The number of rotatable bonds is 4. The number of aromatic nitrogens is 1. The monoisotopic (exact) mass is 542 g/mol. The van der Waals surface area contributed by atoms with E-state index in [-0.39, 0.29) is 30.3 Å². The number of nitrogens with zero attached hydrogens (tertiary/aromatic N) is 2. The van der Waals surface area contributed by atoms with E-state index in [4.69, 9.17) is 11.6 Å². The molecule has 2 aliphatic heterocycles. The second kappa shape index (κ2) is 9.19. The van der Waals surface area contributed by atoms with Gasteiger partial charge in [-0.2, -0.15) is 0 Å². The molecule has 2 aromatic carbocycles. The SMILES string of the molecule is Cc1cc(Cl)ccc1[C@@H]1CCC(C)(C)C(=O)N1CC(=O)Nc1ccc2c(c1)C[C@@]1(C2)C(=O)Nc2ncccc21. The summed E-state index contributed by atoms with van der Waals surface area (Å²) in [6, 6.07) is 15.1. The number of carbonyl (C=O) groups is 3. The highest BCUT2D eigenvalue weighted by atomic mass is 35.5. The fourth-order valence-electron chi connectivity index (χ4n) is 6.51. The number of nitrogens with one attached hydrogen (secondary N) is 2. The van der Waals surface area contributed by atoms with Crippen LogP contribution in [0.3, 0.4) is 0 Å². The number of benzene rings is 2. The van der Waals surface area contributed by atoms with Crippen molar-refractivity contribution in [3.63, 3.8) is 0 Å². The van der Waals surface area contributed by atoms with Gasteiger partial charge < -0.3 is 15.5 Å². The Bertz CT molecular complexity index is 1530. The Morgan fingerprint density at radius 3 is 2.72 bits per heavy atom. The molecule has 1 saturated heterocycles. The van der Waals surface area contributed by atoms with Crippen LogP contribution in [-0.2, 0) is 32.6 Å². The molecule has 6 rings (SSSR count). The van der Waals surface area contributed by atoms with Crippen LogP contribution in [0.2, 0.25) is 5.02 Å². The Balaban J connectivity index is 1.22. The number of pyridine rings is 1. The van der Waals surface area contributed by atoms with Gasteiger partial charge in [0.15, 0.2) is 0 Å². The van der Waals surface area contributed by atoms with Gasteiger partial charge >= 0.3 is 0 Å². The number of hydrogen-bond donors (Lipinski definition) is 2. The zero-order valence-electron chi connectivity index (χ0n) is 22.3. The molecule has 39 heavy (non-hydrogen) atoms. The first-order valence-electron chi connectivity index (χ1n) is 13.3. The molecule has 3 heterocycles. The summed E-state index contributed by atoms with van der Waals surface area (Å²) in [5.74, 6) is 0.313. The first-order valence-corrected chi connectivity index (χ1v) is 13.7. The lowest BCUT2D eigenvalue weighted by molar-refractivity contribution is -0.150. The second-order valence-electron chi connectivity index (χ2n) is 11.7. The van der Waals surface area contributed by atoms with E-state index in [0.29, 0.717) is 29.4 Å². The summed E-state index contributed by atoms with van der Waals surface area (Å²) in [6.07, 6.45) is 4.35. The Hall–Kier alpha value is -3.71. The molecule has 0 unspecified atom stereocenters. The van der Waals surface area contributed by atoms with E-state index in [1.807, 2.05) is 69.3 Å². The van der Waals surface area contributed by atoms with Gasteiger partial charge in [0, 0.05) is 27.9 Å². The largest absolute Gasteiger partial charge is 0.326 e. The average molecular weight is 543 g/mol. The maximum atomic E-state index is 13.5. The summed E-state index contributed by atoms with van der Waals surface area (Å²) >= 11 is 6.18. The molecule has 3 amide bonds. The zero-order chi connectivity index (χ0) is 27.5. The Morgan fingerprint density at radius 2 is 1.92 bits per heavy atom. The minimum atomic E-state index is -0.663. The summed E-state index contributed by atoms with van der Waals surface area (Å²) in [6.45, 7) is 5.82. The fraction of sp³-hybridized carbons (Fsp3) is 0.355. The molecule has 1 spiro atoms. The molecule has 0 radical (unpaired) electrons. The number of piperidine rings is 1. The molecule has 2 N–H and O–H groups in total. The summed E-state index contributed by atoms with van der Waals surface area (Å²) in [7, 11) is 0. The Labute approximate surface area is 233 Å². The summed E-state index contributed by atoms with van der Waals surface area (Å²) < 4.78 is 0. The number of fused-ring (bicyclic) bond motifs is 3. The molecule has 1 fully saturated rings. The van der Waals surface area contributed by atoms with Gasteiger partial charge in [-0.05, 0) is 85.2 Å². The molecule has 7 nitrogen and oxygen atoms in total. The van der Waals surface area contributed by atoms with Crippen LogP contribution in [0, 0.1) is 12.3 Å². The number of likely N-dealkylation sites (tertiary alicyclic amines) is 1. The van der Waals surface area contributed by atoms with Crippen LogP contribution in [0.25, 0.3) is 0 Å². The molecular formula is C31H31ClN4O3. The minimum Gasteiger partial charge on any atom is -0.326 e. The van der Waals surface area contributed by atoms with Gasteiger partial charge in [-0.25, -0.2) is 4.98 Å². The van der Waals surface area contributed by atoms with E-state index in [2.05, 4.69) is 15.6 Å². The number of halogens is 1. The molecule has 0 saturated carbocycles. The number of carbonyl (C=O) groups excluding carboxylic acids is 3. The molecule has 8 heteroatoms. The van der Waals surface area contributed by atoms with Crippen molar-refractivity contribution in [3.05, 3.63) is 87.6 Å². The maximum Gasteiger partial charge on any atom is 0.244 e. The number of aryl methyl sites for hydroxylation is 1. The van der Waals surface area contributed by atoms with Gasteiger partial charge in [-0.1, -0.05) is 43.6 Å². The van der Waals surface area contributed by atoms with Crippen molar-refractivity contribution in [2.24, 2.45) is 5.41 Å². The quantitative estimate of drug-likeness (QED) is 0.464. The highest BCUT2D eigenvalue weighted by Gasteiger charge is 2.51. The van der Waals surface area contributed by atoms with Crippen LogP contribution in [-0.4, -0.2) is 34.2 Å². The molecule has 1 aliphatic carbocycles. The smallest absolute Gasteiger partial charge is 0.244 e. The lowest BCUT2D eigenvalue weighted by atomic mass is 9.78. The Morgan fingerprint density at radius 1 is 1.13 bits per heavy atom. The van der Waals surface area contributed by atoms with Crippen LogP contribution < -0.4 is 10.6 Å². The molecule has 0 bridgehead atoms. The topological polar surface area (TPSA) is 91.4 Å². The lowest BCUT2D eigenvalue weighted by Gasteiger charge is -2.43. The van der Waals surface area contributed by atoms with Crippen molar-refractivity contribution in [1.29, 1.82) is 0 Å². The average Bonchev–Trinajstić information content (AvgIpc) is 3.40. The molecule has 200 valence electrons.